The number of hydrogen-bond acceptors (Lipinski definition) is 5. The Morgan fingerprint density at radius 1 is 1.55 bits per heavy atom. The summed E-state index contributed by atoms with van der Waals surface area (Å²) in [6, 6.07) is 3.40. The van der Waals surface area contributed by atoms with Crippen LogP contribution in [0.4, 0.5) is 0 Å². The molecule has 0 saturated heterocycles. The fourth-order valence-corrected chi connectivity index (χ4v) is 1.81. The first kappa shape index (κ1) is 14.0. The highest BCUT2D eigenvalue weighted by Crippen LogP contribution is 2.13. The largest absolute Gasteiger partial charge is 0.493 e. The molecule has 2 heterocycles. The predicted molar refractivity (Wildman–Crippen MR) is 71.9 cm³/mol. The molecule has 7 nitrogen and oxygen atoms in total. The van der Waals surface area contributed by atoms with Crippen LogP contribution in [0.25, 0.3) is 5.65 Å². The molecular weight excluding hydrogens is 262 g/mol. The first-order valence-electron chi connectivity index (χ1n) is 6.09. The number of nitrogens with zero attached hydrogens (tertiary/aromatic N) is 2. The number of hydrogen-bond donors (Lipinski definition) is 3. The third-order valence-electron chi connectivity index (χ3n) is 2.82. The fraction of sp³-hybridized carbons (Fsp3) is 0.308. The van der Waals surface area contributed by atoms with Crippen LogP contribution in [0.3, 0.4) is 0 Å². The zero-order valence-electron chi connectivity index (χ0n) is 11.1. The van der Waals surface area contributed by atoms with Crippen LogP contribution in [0.15, 0.2) is 23.1 Å². The van der Waals surface area contributed by atoms with Crippen molar-refractivity contribution in [3.8, 4) is 5.88 Å². The number of aryl methyl sites for hydroxylation is 1. The van der Waals surface area contributed by atoms with Gasteiger partial charge in [0.1, 0.15) is 5.65 Å². The van der Waals surface area contributed by atoms with Gasteiger partial charge in [-0.05, 0) is 25.5 Å². The Morgan fingerprint density at radius 2 is 2.25 bits per heavy atom. The fourth-order valence-electron chi connectivity index (χ4n) is 1.81. The van der Waals surface area contributed by atoms with Gasteiger partial charge in [-0.3, -0.25) is 14.0 Å². The highest BCUT2D eigenvalue weighted by molar-refractivity contribution is 5.96. The van der Waals surface area contributed by atoms with Crippen molar-refractivity contribution in [3.63, 3.8) is 0 Å². The van der Waals surface area contributed by atoms with Crippen molar-refractivity contribution in [2.24, 2.45) is 0 Å². The monoisotopic (exact) mass is 277 g/mol. The quantitative estimate of drug-likeness (QED) is 0.722. The normalized spacial score (nSPS) is 12.3. The molecule has 0 saturated carbocycles. The standard InChI is InChI=1S/C13H15N3O4/c1-7-4-3-5-16-10(7)15-12(19)9(13(16)20)11(18)14-6-8(2)17/h3-5,8,17,19H,6H2,1-2H3,(H,14,18)/t8-/m0/s1. The summed E-state index contributed by atoms with van der Waals surface area (Å²) in [7, 11) is 0. The number of carbonyl (C=O) groups is 1. The van der Waals surface area contributed by atoms with Crippen LogP contribution in [0.5, 0.6) is 5.88 Å². The third kappa shape index (κ3) is 2.48. The van der Waals surface area contributed by atoms with Crippen LogP contribution in [-0.2, 0) is 0 Å². The summed E-state index contributed by atoms with van der Waals surface area (Å²) in [5.74, 6) is -1.39. The number of pyridine rings is 1. The zero-order chi connectivity index (χ0) is 14.9. The first-order chi connectivity index (χ1) is 9.41. The van der Waals surface area contributed by atoms with Gasteiger partial charge in [0.25, 0.3) is 11.5 Å². The lowest BCUT2D eigenvalue weighted by molar-refractivity contribution is 0.0919. The number of nitrogens with one attached hydrogen (secondary N) is 1. The maximum Gasteiger partial charge on any atom is 0.274 e. The van der Waals surface area contributed by atoms with Crippen LogP contribution >= 0.6 is 0 Å². The number of amides is 1. The Hall–Kier alpha value is -2.41. The summed E-state index contributed by atoms with van der Waals surface area (Å²) in [4.78, 5) is 28.0. The summed E-state index contributed by atoms with van der Waals surface area (Å²) >= 11 is 0. The van der Waals surface area contributed by atoms with Gasteiger partial charge >= 0.3 is 0 Å². The van der Waals surface area contributed by atoms with Crippen molar-refractivity contribution in [3.05, 3.63) is 39.8 Å². The predicted octanol–water partition coefficient (Wildman–Crippen LogP) is -0.181. The number of aromatic nitrogens is 2. The van der Waals surface area contributed by atoms with E-state index in [0.29, 0.717) is 11.2 Å². The van der Waals surface area contributed by atoms with Crippen LogP contribution in [0, 0.1) is 6.92 Å². The van der Waals surface area contributed by atoms with E-state index in [1.165, 1.54) is 17.5 Å². The molecule has 1 atom stereocenters. The van der Waals surface area contributed by atoms with E-state index in [0.717, 1.165) is 0 Å². The van der Waals surface area contributed by atoms with E-state index in [-0.39, 0.29) is 6.54 Å². The maximum atomic E-state index is 12.2. The van der Waals surface area contributed by atoms with Gasteiger partial charge in [-0.1, -0.05) is 6.07 Å². The smallest absolute Gasteiger partial charge is 0.274 e. The topological polar surface area (TPSA) is 104 Å². The number of aromatic hydroxyl groups is 1. The number of carbonyl (C=O) groups excluding carboxylic acids is 1. The number of fused-ring (bicyclic) bond motifs is 1. The molecule has 0 aliphatic rings. The summed E-state index contributed by atoms with van der Waals surface area (Å²) in [5, 5.41) is 21.3. The second-order valence-corrected chi connectivity index (χ2v) is 4.56. The minimum atomic E-state index is -0.767. The minimum absolute atomic E-state index is 0.0196. The van der Waals surface area contributed by atoms with E-state index in [2.05, 4.69) is 10.3 Å². The average molecular weight is 277 g/mol. The summed E-state index contributed by atoms with van der Waals surface area (Å²) < 4.78 is 1.20. The zero-order valence-corrected chi connectivity index (χ0v) is 11.1. The molecule has 2 aromatic rings. The lowest BCUT2D eigenvalue weighted by Crippen LogP contribution is -2.35. The van der Waals surface area contributed by atoms with E-state index >= 15 is 0 Å². The third-order valence-corrected chi connectivity index (χ3v) is 2.82. The Balaban J connectivity index is 2.55. The molecule has 0 fully saturated rings. The molecule has 2 rings (SSSR count). The van der Waals surface area contributed by atoms with Gasteiger partial charge in [-0.15, -0.1) is 0 Å². The molecule has 2 aromatic heterocycles. The Labute approximate surface area is 114 Å². The van der Waals surface area contributed by atoms with E-state index in [9.17, 15) is 14.7 Å². The second-order valence-electron chi connectivity index (χ2n) is 4.56. The van der Waals surface area contributed by atoms with E-state index in [1.807, 2.05) is 0 Å². The molecule has 0 aliphatic heterocycles. The molecule has 0 aliphatic carbocycles. The molecule has 1 amide bonds. The van der Waals surface area contributed by atoms with Gasteiger partial charge in [-0.25, -0.2) is 0 Å². The van der Waals surface area contributed by atoms with Crippen molar-refractivity contribution >= 4 is 11.6 Å². The molecule has 7 heteroatoms. The second kappa shape index (κ2) is 5.30. The van der Waals surface area contributed by atoms with Gasteiger partial charge in [0.15, 0.2) is 5.56 Å². The summed E-state index contributed by atoms with van der Waals surface area (Å²) in [6.07, 6.45) is 0.724. The Bertz CT molecular complexity index is 721. The van der Waals surface area contributed by atoms with Crippen molar-refractivity contribution in [2.45, 2.75) is 20.0 Å². The van der Waals surface area contributed by atoms with Crippen molar-refractivity contribution in [2.75, 3.05) is 6.54 Å². The van der Waals surface area contributed by atoms with Gasteiger partial charge in [0.2, 0.25) is 5.88 Å². The molecule has 20 heavy (non-hydrogen) atoms. The van der Waals surface area contributed by atoms with Crippen molar-refractivity contribution < 1.29 is 15.0 Å². The van der Waals surface area contributed by atoms with Gasteiger partial charge in [0.05, 0.1) is 6.10 Å². The van der Waals surface area contributed by atoms with Gasteiger partial charge in [0, 0.05) is 12.7 Å². The van der Waals surface area contributed by atoms with E-state index < -0.39 is 29.0 Å². The molecule has 0 radical (unpaired) electrons. The van der Waals surface area contributed by atoms with Crippen LogP contribution in [0.1, 0.15) is 22.8 Å². The Kier molecular flexibility index (Phi) is 3.71. The van der Waals surface area contributed by atoms with E-state index in [1.54, 1.807) is 19.1 Å². The van der Waals surface area contributed by atoms with Crippen molar-refractivity contribution in [1.82, 2.24) is 14.7 Å². The number of aliphatic hydroxyl groups excluding tert-OH is 1. The highest BCUT2D eigenvalue weighted by atomic mass is 16.3. The molecule has 0 unspecified atom stereocenters. The molecule has 0 aromatic carbocycles. The van der Waals surface area contributed by atoms with Gasteiger partial charge in [-0.2, -0.15) is 4.98 Å². The highest BCUT2D eigenvalue weighted by Gasteiger charge is 2.20. The molecule has 3 N–H and O–H groups in total. The van der Waals surface area contributed by atoms with E-state index in [4.69, 9.17) is 5.11 Å². The van der Waals surface area contributed by atoms with Crippen LogP contribution in [-0.4, -0.2) is 38.2 Å². The minimum Gasteiger partial charge on any atom is -0.493 e. The summed E-state index contributed by atoms with van der Waals surface area (Å²) in [5.41, 5.74) is -0.0917. The number of rotatable bonds is 3. The average Bonchev–Trinajstić information content (AvgIpc) is 2.38. The van der Waals surface area contributed by atoms with Crippen LogP contribution < -0.4 is 10.9 Å². The first-order valence-corrected chi connectivity index (χ1v) is 6.09. The number of aliphatic hydroxyl groups is 1. The lowest BCUT2D eigenvalue weighted by Gasteiger charge is -2.09. The maximum absolute atomic E-state index is 12.2. The Morgan fingerprint density at radius 3 is 2.90 bits per heavy atom. The molecule has 0 spiro atoms. The molecule has 106 valence electrons. The van der Waals surface area contributed by atoms with Gasteiger partial charge < -0.3 is 15.5 Å². The van der Waals surface area contributed by atoms with Crippen molar-refractivity contribution in [1.29, 1.82) is 0 Å². The summed E-state index contributed by atoms with van der Waals surface area (Å²) in [6.45, 7) is 3.22. The van der Waals surface area contributed by atoms with Crippen LogP contribution in [0.2, 0.25) is 0 Å². The molecular formula is C13H15N3O4. The molecule has 0 bridgehead atoms. The SMILES string of the molecule is Cc1cccn2c(=O)c(C(=O)NC[C@H](C)O)c(O)nc12. The lowest BCUT2D eigenvalue weighted by atomic mass is 10.2.